The highest BCUT2D eigenvalue weighted by Crippen LogP contribution is 2.08. The van der Waals surface area contributed by atoms with Gasteiger partial charge >= 0.3 is 12.4 Å². The first-order valence-corrected chi connectivity index (χ1v) is 3.07. The standard InChI is InChI=1S/2C2HF3O.C2HF3/c2*3-2(4,5)1-6;3-1-2(4)5/h2*1H;1H. The van der Waals surface area contributed by atoms with Crippen LogP contribution in [0.15, 0.2) is 12.4 Å². The van der Waals surface area contributed by atoms with Gasteiger partial charge in [0.2, 0.25) is 12.6 Å². The summed E-state index contributed by atoms with van der Waals surface area (Å²) in [7, 11) is 0. The van der Waals surface area contributed by atoms with Crippen LogP contribution in [0.4, 0.5) is 39.5 Å². The minimum atomic E-state index is -4.64. The molecule has 11 heteroatoms. The number of carbonyl (C=O) groups excluding carboxylic acids is 2. The van der Waals surface area contributed by atoms with Gasteiger partial charge in [0.25, 0.3) is 6.08 Å². The number of carbonyl (C=O) groups is 2. The van der Waals surface area contributed by atoms with Gasteiger partial charge in [-0.15, -0.1) is 0 Å². The van der Waals surface area contributed by atoms with E-state index >= 15 is 0 Å². The van der Waals surface area contributed by atoms with Gasteiger partial charge in [-0.05, 0) is 0 Å². The molecule has 0 aromatic rings. The Morgan fingerprint density at radius 3 is 0.882 bits per heavy atom. The number of alkyl halides is 6. The molecule has 0 radical (unpaired) electrons. The number of rotatable bonds is 0. The zero-order valence-electron chi connectivity index (χ0n) is 7.45. The van der Waals surface area contributed by atoms with Gasteiger partial charge in [0.15, 0.2) is 6.33 Å². The highest BCUT2D eigenvalue weighted by molar-refractivity contribution is 5.56. The predicted octanol–water partition coefficient (Wildman–Crippen LogP) is 3.19. The van der Waals surface area contributed by atoms with Crippen molar-refractivity contribution in [1.29, 1.82) is 0 Å². The van der Waals surface area contributed by atoms with Gasteiger partial charge < -0.3 is 0 Å². The topological polar surface area (TPSA) is 34.1 Å². The molecule has 0 aliphatic heterocycles. The smallest absolute Gasteiger partial charge is 0.293 e. The Morgan fingerprint density at radius 2 is 0.882 bits per heavy atom. The van der Waals surface area contributed by atoms with Crippen molar-refractivity contribution in [2.24, 2.45) is 0 Å². The molecule has 0 amide bonds. The summed E-state index contributed by atoms with van der Waals surface area (Å²) in [5, 5.41) is 0. The average molecular weight is 278 g/mol. The average Bonchev–Trinajstić information content (AvgIpc) is 2.17. The van der Waals surface area contributed by atoms with Crippen molar-refractivity contribution in [3.63, 3.8) is 0 Å². The molecule has 0 unspecified atom stereocenters. The molecule has 0 atom stereocenters. The Hall–Kier alpha value is -1.55. The molecule has 0 N–H and O–H groups in total. The maximum absolute atomic E-state index is 10.4. The maximum Gasteiger partial charge on any atom is 0.446 e. The summed E-state index contributed by atoms with van der Waals surface area (Å²) < 4.78 is 93.2. The monoisotopic (exact) mass is 278 g/mol. The van der Waals surface area contributed by atoms with Gasteiger partial charge in [0, 0.05) is 0 Å². The third kappa shape index (κ3) is 53.8. The fourth-order valence-electron chi connectivity index (χ4n) is 0. The third-order valence-electron chi connectivity index (χ3n) is 0.350. The highest BCUT2D eigenvalue weighted by Gasteiger charge is 2.25. The Bertz CT molecular complexity index is 217. The lowest BCUT2D eigenvalue weighted by atomic mass is 10.8. The Morgan fingerprint density at radius 1 is 0.765 bits per heavy atom. The Kier molecular flexibility index (Phi) is 11.8. The molecule has 0 fully saturated rings. The molecule has 0 aliphatic carbocycles. The maximum atomic E-state index is 10.4. The van der Waals surface area contributed by atoms with Crippen molar-refractivity contribution < 1.29 is 49.1 Å². The molecule has 0 bridgehead atoms. The molecule has 0 spiro atoms. The van der Waals surface area contributed by atoms with Crippen LogP contribution in [0.1, 0.15) is 0 Å². The molecule has 0 aromatic heterocycles. The van der Waals surface area contributed by atoms with Crippen LogP contribution in [-0.2, 0) is 9.59 Å². The van der Waals surface area contributed by atoms with Crippen LogP contribution in [0.2, 0.25) is 0 Å². The van der Waals surface area contributed by atoms with E-state index < -0.39 is 37.3 Å². The SMILES string of the molecule is FC=C(F)F.O=CC(F)(F)F.O=CC(F)(F)F. The summed E-state index contributed by atoms with van der Waals surface area (Å²) in [5.74, 6) is 0. The lowest BCUT2D eigenvalue weighted by molar-refractivity contribution is -0.156. The van der Waals surface area contributed by atoms with Gasteiger partial charge in [-0.1, -0.05) is 0 Å². The first kappa shape index (κ1) is 20.8. The third-order valence-corrected chi connectivity index (χ3v) is 0.350. The number of hydrogen-bond acceptors (Lipinski definition) is 2. The largest absolute Gasteiger partial charge is 0.446 e. The van der Waals surface area contributed by atoms with Crippen molar-refractivity contribution in [1.82, 2.24) is 0 Å². The molecule has 0 aromatic carbocycles. The summed E-state index contributed by atoms with van der Waals surface area (Å²) in [5.41, 5.74) is 0. The molecular weight excluding hydrogens is 275 g/mol. The number of hydrogen-bond donors (Lipinski definition) is 0. The Balaban J connectivity index is -0.000000174. The Labute approximate surface area is 87.7 Å². The first-order valence-electron chi connectivity index (χ1n) is 3.07. The fraction of sp³-hybridized carbons (Fsp3) is 0.333. The molecule has 2 nitrogen and oxygen atoms in total. The van der Waals surface area contributed by atoms with Gasteiger partial charge in [-0.3, -0.25) is 9.59 Å². The molecule has 0 aliphatic rings. The second-order valence-electron chi connectivity index (χ2n) is 1.72. The van der Waals surface area contributed by atoms with Crippen molar-refractivity contribution in [3.05, 3.63) is 12.4 Å². The zero-order chi connectivity index (χ0) is 14.7. The summed E-state index contributed by atoms with van der Waals surface area (Å²) in [6.45, 7) is 0. The van der Waals surface area contributed by atoms with Crippen molar-refractivity contribution in [2.75, 3.05) is 0 Å². The molecule has 0 saturated heterocycles. The van der Waals surface area contributed by atoms with Crippen LogP contribution in [0.25, 0.3) is 0 Å². The van der Waals surface area contributed by atoms with Gasteiger partial charge in [0.05, 0.1) is 0 Å². The fourth-order valence-corrected chi connectivity index (χ4v) is 0. The van der Waals surface area contributed by atoms with Crippen LogP contribution >= 0.6 is 0 Å². The van der Waals surface area contributed by atoms with Crippen molar-refractivity contribution in [3.8, 4) is 0 Å². The zero-order valence-corrected chi connectivity index (χ0v) is 7.45. The predicted molar refractivity (Wildman–Crippen MR) is 35.6 cm³/mol. The van der Waals surface area contributed by atoms with E-state index in [1.807, 2.05) is 0 Å². The lowest BCUT2D eigenvalue weighted by Crippen LogP contribution is -2.07. The first-order chi connectivity index (χ1) is 7.39. The van der Waals surface area contributed by atoms with Gasteiger partial charge in [-0.25, -0.2) is 4.39 Å². The van der Waals surface area contributed by atoms with E-state index in [0.29, 0.717) is 0 Å². The van der Waals surface area contributed by atoms with E-state index in [2.05, 4.69) is 0 Å². The summed E-state index contributed by atoms with van der Waals surface area (Å²) in [6.07, 6.45) is -14.4. The van der Waals surface area contributed by atoms with E-state index in [4.69, 9.17) is 9.59 Å². The summed E-state index contributed by atoms with van der Waals surface area (Å²) in [4.78, 5) is 17.4. The van der Waals surface area contributed by atoms with Crippen LogP contribution in [0.5, 0.6) is 0 Å². The lowest BCUT2D eigenvalue weighted by Gasteiger charge is -1.87. The van der Waals surface area contributed by atoms with E-state index in [1.54, 1.807) is 0 Å². The second-order valence-corrected chi connectivity index (χ2v) is 1.72. The quantitative estimate of drug-likeness (QED) is 0.503. The van der Waals surface area contributed by atoms with Gasteiger partial charge in [0.1, 0.15) is 0 Å². The van der Waals surface area contributed by atoms with E-state index in [9.17, 15) is 39.5 Å². The molecule has 102 valence electrons. The molecule has 17 heavy (non-hydrogen) atoms. The highest BCUT2D eigenvalue weighted by atomic mass is 19.4. The molecular formula is C6H3F9O2. The molecule has 0 saturated carbocycles. The second kappa shape index (κ2) is 9.66. The van der Waals surface area contributed by atoms with Crippen LogP contribution in [0.3, 0.4) is 0 Å². The summed E-state index contributed by atoms with van der Waals surface area (Å²) in [6, 6.07) is 0. The van der Waals surface area contributed by atoms with Crippen LogP contribution in [0, 0.1) is 0 Å². The van der Waals surface area contributed by atoms with E-state index in [0.717, 1.165) is 0 Å². The van der Waals surface area contributed by atoms with Gasteiger partial charge in [-0.2, -0.15) is 35.1 Å². The van der Waals surface area contributed by atoms with Crippen LogP contribution in [-0.4, -0.2) is 24.9 Å². The van der Waals surface area contributed by atoms with E-state index in [-0.39, 0.29) is 0 Å². The normalized spacial score (nSPS) is 9.94. The molecule has 0 rings (SSSR count). The minimum Gasteiger partial charge on any atom is -0.293 e. The minimum absolute atomic E-state index is 0.750. The van der Waals surface area contributed by atoms with Crippen LogP contribution < -0.4 is 0 Å². The van der Waals surface area contributed by atoms with E-state index in [1.165, 1.54) is 0 Å². The van der Waals surface area contributed by atoms with Crippen molar-refractivity contribution >= 4 is 12.6 Å². The number of halogens is 9. The van der Waals surface area contributed by atoms with Crippen molar-refractivity contribution in [2.45, 2.75) is 12.4 Å². The summed E-state index contributed by atoms with van der Waals surface area (Å²) >= 11 is 0. The molecule has 0 heterocycles. The number of aldehydes is 2.